The molecular weight excluding hydrogens is 345 g/mol. The van der Waals surface area contributed by atoms with Gasteiger partial charge in [0.15, 0.2) is 0 Å². The third kappa shape index (κ3) is 3.95. The molecule has 106 valence electrons. The maximum atomic E-state index is 12.9. The highest BCUT2D eigenvalue weighted by Gasteiger charge is 2.06. The molecule has 0 saturated carbocycles. The molecule has 0 fully saturated rings. The summed E-state index contributed by atoms with van der Waals surface area (Å²) in [6, 6.07) is 10.1. The standard InChI is InChI=1S/C15H14BrClFNO/c16-13-7-10(5-6-19)1-4-15(13)20-9-11-2-3-12(18)8-14(11)17/h1-4,7-8H,5-6,9,19H2. The molecule has 2 nitrogen and oxygen atoms in total. The Labute approximate surface area is 130 Å². The van der Waals surface area contributed by atoms with Crippen molar-refractivity contribution in [1.82, 2.24) is 0 Å². The first-order chi connectivity index (χ1) is 9.60. The largest absolute Gasteiger partial charge is 0.488 e. The van der Waals surface area contributed by atoms with Gasteiger partial charge < -0.3 is 10.5 Å². The van der Waals surface area contributed by atoms with E-state index in [0.717, 1.165) is 22.0 Å². The van der Waals surface area contributed by atoms with Gasteiger partial charge in [0.05, 0.1) is 9.50 Å². The summed E-state index contributed by atoms with van der Waals surface area (Å²) in [6.07, 6.45) is 0.822. The summed E-state index contributed by atoms with van der Waals surface area (Å²) in [6.45, 7) is 0.895. The average Bonchev–Trinajstić information content (AvgIpc) is 2.40. The number of halogens is 3. The van der Waals surface area contributed by atoms with Crippen LogP contribution < -0.4 is 10.5 Å². The van der Waals surface area contributed by atoms with Gasteiger partial charge in [0.25, 0.3) is 0 Å². The van der Waals surface area contributed by atoms with E-state index in [0.29, 0.717) is 17.3 Å². The SMILES string of the molecule is NCCc1ccc(OCc2ccc(F)cc2Cl)c(Br)c1. The predicted molar refractivity (Wildman–Crippen MR) is 82.6 cm³/mol. The molecule has 0 aliphatic carbocycles. The highest BCUT2D eigenvalue weighted by atomic mass is 79.9. The van der Waals surface area contributed by atoms with Crippen LogP contribution in [-0.2, 0) is 13.0 Å². The Kier molecular flexibility index (Phi) is 5.40. The molecular formula is C15H14BrClFNO. The van der Waals surface area contributed by atoms with Gasteiger partial charge in [0.1, 0.15) is 18.2 Å². The lowest BCUT2D eigenvalue weighted by Gasteiger charge is -2.10. The Bertz CT molecular complexity index is 606. The fourth-order valence-electron chi connectivity index (χ4n) is 1.78. The van der Waals surface area contributed by atoms with Crippen molar-refractivity contribution >= 4 is 27.5 Å². The zero-order chi connectivity index (χ0) is 14.5. The van der Waals surface area contributed by atoms with Crippen LogP contribution in [0.4, 0.5) is 4.39 Å². The van der Waals surface area contributed by atoms with Crippen LogP contribution in [-0.4, -0.2) is 6.54 Å². The second-order valence-corrected chi connectivity index (χ2v) is 5.59. The molecule has 2 rings (SSSR count). The molecule has 0 aromatic heterocycles. The van der Waals surface area contributed by atoms with Crippen LogP contribution in [0.25, 0.3) is 0 Å². The molecule has 0 aliphatic rings. The molecule has 0 radical (unpaired) electrons. The molecule has 0 amide bonds. The minimum atomic E-state index is -0.355. The zero-order valence-electron chi connectivity index (χ0n) is 10.7. The molecule has 0 spiro atoms. The summed E-state index contributed by atoms with van der Waals surface area (Å²) >= 11 is 9.42. The van der Waals surface area contributed by atoms with E-state index in [1.807, 2.05) is 18.2 Å². The molecule has 2 aromatic rings. The fourth-order valence-corrected chi connectivity index (χ4v) is 2.54. The summed E-state index contributed by atoms with van der Waals surface area (Å²) in [5.41, 5.74) is 7.41. The van der Waals surface area contributed by atoms with E-state index in [2.05, 4.69) is 15.9 Å². The van der Waals surface area contributed by atoms with E-state index in [1.54, 1.807) is 6.07 Å². The van der Waals surface area contributed by atoms with Crippen molar-refractivity contribution in [2.45, 2.75) is 13.0 Å². The smallest absolute Gasteiger partial charge is 0.134 e. The van der Waals surface area contributed by atoms with E-state index in [4.69, 9.17) is 22.1 Å². The van der Waals surface area contributed by atoms with E-state index in [1.165, 1.54) is 12.1 Å². The maximum absolute atomic E-state index is 12.9. The summed E-state index contributed by atoms with van der Waals surface area (Å²) in [4.78, 5) is 0. The van der Waals surface area contributed by atoms with Gasteiger partial charge in [-0.2, -0.15) is 0 Å². The lowest BCUT2D eigenvalue weighted by atomic mass is 10.1. The molecule has 0 bridgehead atoms. The molecule has 0 aliphatic heterocycles. The molecule has 20 heavy (non-hydrogen) atoms. The van der Waals surface area contributed by atoms with E-state index < -0.39 is 0 Å². The van der Waals surface area contributed by atoms with Crippen molar-refractivity contribution < 1.29 is 9.13 Å². The third-order valence-electron chi connectivity index (χ3n) is 2.83. The van der Waals surface area contributed by atoms with Gasteiger partial charge in [0.2, 0.25) is 0 Å². The first-order valence-corrected chi connectivity index (χ1v) is 7.32. The Hall–Kier alpha value is -1.10. The lowest BCUT2D eigenvalue weighted by molar-refractivity contribution is 0.304. The Morgan fingerprint density at radius 1 is 1.20 bits per heavy atom. The van der Waals surface area contributed by atoms with Crippen molar-refractivity contribution in [3.05, 3.63) is 62.8 Å². The van der Waals surface area contributed by atoms with Crippen LogP contribution in [0.2, 0.25) is 5.02 Å². The first-order valence-electron chi connectivity index (χ1n) is 6.15. The molecule has 0 saturated heterocycles. The number of ether oxygens (including phenoxy) is 1. The number of hydrogen-bond acceptors (Lipinski definition) is 2. The van der Waals surface area contributed by atoms with Crippen LogP contribution in [0.3, 0.4) is 0 Å². The van der Waals surface area contributed by atoms with Crippen molar-refractivity contribution in [3.63, 3.8) is 0 Å². The van der Waals surface area contributed by atoms with Gasteiger partial charge in [-0.1, -0.05) is 23.7 Å². The predicted octanol–water partition coefficient (Wildman–Crippen LogP) is 4.32. The Balaban J connectivity index is 2.07. The minimum absolute atomic E-state index is 0.286. The monoisotopic (exact) mass is 357 g/mol. The van der Waals surface area contributed by atoms with Crippen LogP contribution in [0.5, 0.6) is 5.75 Å². The van der Waals surface area contributed by atoms with Gasteiger partial charge in [-0.25, -0.2) is 4.39 Å². The number of nitrogens with two attached hydrogens (primary N) is 1. The van der Waals surface area contributed by atoms with Crippen LogP contribution in [0, 0.1) is 5.82 Å². The minimum Gasteiger partial charge on any atom is -0.488 e. The van der Waals surface area contributed by atoms with E-state index in [-0.39, 0.29) is 12.4 Å². The molecule has 2 aromatic carbocycles. The van der Waals surface area contributed by atoms with Gasteiger partial charge in [-0.15, -0.1) is 0 Å². The first kappa shape index (κ1) is 15.3. The Morgan fingerprint density at radius 2 is 2.00 bits per heavy atom. The van der Waals surface area contributed by atoms with Crippen LogP contribution in [0.15, 0.2) is 40.9 Å². The van der Waals surface area contributed by atoms with E-state index >= 15 is 0 Å². The molecule has 0 atom stereocenters. The molecule has 0 unspecified atom stereocenters. The number of rotatable bonds is 5. The maximum Gasteiger partial charge on any atom is 0.134 e. The Morgan fingerprint density at radius 3 is 2.65 bits per heavy atom. The quantitative estimate of drug-likeness (QED) is 0.864. The van der Waals surface area contributed by atoms with Crippen molar-refractivity contribution in [2.24, 2.45) is 5.73 Å². The summed E-state index contributed by atoms with van der Waals surface area (Å²) < 4.78 is 19.5. The number of benzene rings is 2. The lowest BCUT2D eigenvalue weighted by Crippen LogP contribution is -2.03. The van der Waals surface area contributed by atoms with Crippen molar-refractivity contribution in [2.75, 3.05) is 6.54 Å². The second kappa shape index (κ2) is 7.07. The molecule has 2 N–H and O–H groups in total. The normalized spacial score (nSPS) is 10.6. The summed E-state index contributed by atoms with van der Waals surface area (Å²) in [7, 11) is 0. The van der Waals surface area contributed by atoms with Gasteiger partial charge in [0, 0.05) is 5.56 Å². The highest BCUT2D eigenvalue weighted by molar-refractivity contribution is 9.10. The summed E-state index contributed by atoms with van der Waals surface area (Å²) in [5, 5.41) is 0.362. The van der Waals surface area contributed by atoms with Crippen molar-refractivity contribution in [3.8, 4) is 5.75 Å². The molecule has 5 heteroatoms. The van der Waals surface area contributed by atoms with E-state index in [9.17, 15) is 4.39 Å². The zero-order valence-corrected chi connectivity index (χ0v) is 13.0. The number of hydrogen-bond donors (Lipinski definition) is 1. The van der Waals surface area contributed by atoms with Gasteiger partial charge >= 0.3 is 0 Å². The molecule has 0 heterocycles. The average molecular weight is 359 g/mol. The highest BCUT2D eigenvalue weighted by Crippen LogP contribution is 2.28. The van der Waals surface area contributed by atoms with Crippen molar-refractivity contribution in [1.29, 1.82) is 0 Å². The van der Waals surface area contributed by atoms with Crippen LogP contribution in [0.1, 0.15) is 11.1 Å². The third-order valence-corrected chi connectivity index (χ3v) is 3.80. The second-order valence-electron chi connectivity index (χ2n) is 4.33. The topological polar surface area (TPSA) is 35.2 Å². The van der Waals surface area contributed by atoms with Crippen LogP contribution >= 0.6 is 27.5 Å². The van der Waals surface area contributed by atoms with Gasteiger partial charge in [-0.05, 0) is 58.7 Å². The fraction of sp³-hybridized carbons (Fsp3) is 0.200. The van der Waals surface area contributed by atoms with Gasteiger partial charge in [-0.3, -0.25) is 0 Å². The summed E-state index contributed by atoms with van der Waals surface area (Å²) in [5.74, 6) is 0.359.